The van der Waals surface area contributed by atoms with E-state index in [1.54, 1.807) is 0 Å². The summed E-state index contributed by atoms with van der Waals surface area (Å²) < 4.78 is 1.05. The highest BCUT2D eigenvalue weighted by atomic mass is 79.9. The van der Waals surface area contributed by atoms with Crippen molar-refractivity contribution in [3.63, 3.8) is 0 Å². The number of halogens is 1. The van der Waals surface area contributed by atoms with Gasteiger partial charge >= 0.3 is 0 Å². The van der Waals surface area contributed by atoms with Gasteiger partial charge in [0, 0.05) is 35.1 Å². The van der Waals surface area contributed by atoms with Crippen LogP contribution in [0.5, 0.6) is 0 Å². The minimum atomic E-state index is 0.615. The maximum atomic E-state index is 4.24. The lowest BCUT2D eigenvalue weighted by atomic mass is 10.2. The number of aromatic nitrogens is 1. The monoisotopic (exact) mass is 315 g/mol. The van der Waals surface area contributed by atoms with E-state index in [0.29, 0.717) is 11.3 Å². The molecular formula is C12H18BrN3S. The molecule has 17 heavy (non-hydrogen) atoms. The lowest BCUT2D eigenvalue weighted by molar-refractivity contribution is 0.320. The fourth-order valence-electron chi connectivity index (χ4n) is 2.27. The summed E-state index contributed by atoms with van der Waals surface area (Å²) in [5.41, 5.74) is 1.21. The Kier molecular flexibility index (Phi) is 4.33. The third-order valence-electron chi connectivity index (χ3n) is 3.26. The number of hydrogen-bond donors (Lipinski definition) is 0. The Morgan fingerprint density at radius 3 is 2.71 bits per heavy atom. The molecular weight excluding hydrogens is 298 g/mol. The average Bonchev–Trinajstić information content (AvgIpc) is 2.73. The highest BCUT2D eigenvalue weighted by Crippen LogP contribution is 2.29. The van der Waals surface area contributed by atoms with Gasteiger partial charge in [-0.25, -0.2) is 0 Å². The summed E-state index contributed by atoms with van der Waals surface area (Å²) in [6.45, 7) is 2.18. The molecule has 1 aromatic rings. The zero-order valence-corrected chi connectivity index (χ0v) is 12.8. The topological polar surface area (TPSA) is 19.4 Å². The Labute approximate surface area is 116 Å². The van der Waals surface area contributed by atoms with Gasteiger partial charge in [-0.05, 0) is 42.3 Å². The third kappa shape index (κ3) is 2.95. The molecule has 2 heterocycles. The zero-order chi connectivity index (χ0) is 12.4. The van der Waals surface area contributed by atoms with Gasteiger partial charge in [-0.1, -0.05) is 0 Å². The molecule has 0 unspecified atom stereocenters. The highest BCUT2D eigenvalue weighted by molar-refractivity contribution is 9.10. The first-order chi connectivity index (χ1) is 8.11. The quantitative estimate of drug-likeness (QED) is 0.852. The lowest BCUT2D eigenvalue weighted by Gasteiger charge is -2.23. The molecule has 2 atom stereocenters. The standard InChI is InChI=1S/C12H18BrN3S/c1-15(2)11-7-16(8-12(11)17-3)10-4-9(13)5-14-6-10/h4-6,11-12H,7-8H2,1-3H3/t11-,12-/m1/s1. The van der Waals surface area contributed by atoms with Crippen LogP contribution in [-0.4, -0.2) is 54.6 Å². The van der Waals surface area contributed by atoms with Crippen molar-refractivity contribution < 1.29 is 0 Å². The molecule has 0 saturated carbocycles. The summed E-state index contributed by atoms with van der Waals surface area (Å²) in [6.07, 6.45) is 5.97. The van der Waals surface area contributed by atoms with Gasteiger partial charge in [-0.15, -0.1) is 0 Å². The number of rotatable bonds is 3. The molecule has 1 fully saturated rings. The lowest BCUT2D eigenvalue weighted by Crippen LogP contribution is -2.36. The number of pyridine rings is 1. The fraction of sp³-hybridized carbons (Fsp3) is 0.583. The van der Waals surface area contributed by atoms with Crippen molar-refractivity contribution in [1.29, 1.82) is 0 Å². The molecule has 0 radical (unpaired) electrons. The van der Waals surface area contributed by atoms with Crippen molar-refractivity contribution in [3.8, 4) is 0 Å². The molecule has 0 aliphatic carbocycles. The summed E-state index contributed by atoms with van der Waals surface area (Å²) in [5, 5.41) is 0.670. The van der Waals surface area contributed by atoms with Crippen LogP contribution in [0.3, 0.4) is 0 Å². The molecule has 0 amide bonds. The second-order valence-electron chi connectivity index (χ2n) is 4.57. The molecule has 94 valence electrons. The Morgan fingerprint density at radius 2 is 2.18 bits per heavy atom. The Balaban J connectivity index is 2.15. The van der Waals surface area contributed by atoms with Gasteiger partial charge in [0.1, 0.15) is 0 Å². The van der Waals surface area contributed by atoms with E-state index in [1.165, 1.54) is 5.69 Å². The normalized spacial score (nSPS) is 24.6. The molecule has 1 aromatic heterocycles. The predicted molar refractivity (Wildman–Crippen MR) is 78.9 cm³/mol. The summed E-state index contributed by atoms with van der Waals surface area (Å²) in [4.78, 5) is 8.99. The van der Waals surface area contributed by atoms with E-state index in [-0.39, 0.29) is 0 Å². The van der Waals surface area contributed by atoms with Crippen molar-refractivity contribution in [1.82, 2.24) is 9.88 Å². The fourth-order valence-corrected chi connectivity index (χ4v) is 3.59. The van der Waals surface area contributed by atoms with Crippen LogP contribution in [0, 0.1) is 0 Å². The van der Waals surface area contributed by atoms with E-state index in [4.69, 9.17) is 0 Å². The minimum Gasteiger partial charge on any atom is -0.367 e. The molecule has 0 spiro atoms. The maximum absolute atomic E-state index is 4.24. The SMILES string of the molecule is CS[C@@H]1CN(c2cncc(Br)c2)C[C@H]1N(C)C. The van der Waals surface area contributed by atoms with Gasteiger partial charge in [0.2, 0.25) is 0 Å². The van der Waals surface area contributed by atoms with Crippen LogP contribution in [0.15, 0.2) is 22.9 Å². The first-order valence-electron chi connectivity index (χ1n) is 5.66. The maximum Gasteiger partial charge on any atom is 0.0565 e. The van der Waals surface area contributed by atoms with Crippen LogP contribution in [0.25, 0.3) is 0 Å². The second kappa shape index (κ2) is 5.59. The number of hydrogen-bond acceptors (Lipinski definition) is 4. The molecule has 1 aliphatic heterocycles. The third-order valence-corrected chi connectivity index (χ3v) is 4.76. The molecule has 0 N–H and O–H groups in total. The Bertz CT molecular complexity index is 386. The smallest absolute Gasteiger partial charge is 0.0565 e. The molecule has 0 aromatic carbocycles. The van der Waals surface area contributed by atoms with Gasteiger partial charge in [-0.3, -0.25) is 4.98 Å². The summed E-state index contributed by atoms with van der Waals surface area (Å²) in [6, 6.07) is 2.76. The van der Waals surface area contributed by atoms with Gasteiger partial charge in [0.15, 0.2) is 0 Å². The zero-order valence-electron chi connectivity index (χ0n) is 10.4. The first-order valence-corrected chi connectivity index (χ1v) is 7.74. The van der Waals surface area contributed by atoms with Crippen LogP contribution in [0.1, 0.15) is 0 Å². The largest absolute Gasteiger partial charge is 0.367 e. The average molecular weight is 316 g/mol. The molecule has 3 nitrogen and oxygen atoms in total. The Hall–Kier alpha value is -0.260. The van der Waals surface area contributed by atoms with Crippen LogP contribution in [0.4, 0.5) is 5.69 Å². The van der Waals surface area contributed by atoms with E-state index in [0.717, 1.165) is 17.6 Å². The molecule has 0 bridgehead atoms. The van der Waals surface area contributed by atoms with E-state index in [9.17, 15) is 0 Å². The van der Waals surface area contributed by atoms with Crippen molar-refractivity contribution in [2.24, 2.45) is 0 Å². The summed E-state index contributed by atoms with van der Waals surface area (Å²) >= 11 is 5.44. The number of likely N-dealkylation sites (N-methyl/N-ethyl adjacent to an activating group) is 1. The molecule has 2 rings (SSSR count). The van der Waals surface area contributed by atoms with Gasteiger partial charge < -0.3 is 9.80 Å². The van der Waals surface area contributed by atoms with Gasteiger partial charge in [-0.2, -0.15) is 11.8 Å². The molecule has 1 aliphatic rings. The van der Waals surface area contributed by atoms with E-state index in [1.807, 2.05) is 24.2 Å². The van der Waals surface area contributed by atoms with Crippen LogP contribution in [0.2, 0.25) is 0 Å². The van der Waals surface area contributed by atoms with Crippen LogP contribution in [-0.2, 0) is 0 Å². The van der Waals surface area contributed by atoms with E-state index >= 15 is 0 Å². The first kappa shape index (κ1) is 13.2. The highest BCUT2D eigenvalue weighted by Gasteiger charge is 2.33. The van der Waals surface area contributed by atoms with E-state index < -0.39 is 0 Å². The minimum absolute atomic E-state index is 0.615. The van der Waals surface area contributed by atoms with Gasteiger partial charge in [0.25, 0.3) is 0 Å². The van der Waals surface area contributed by atoms with E-state index in [2.05, 4.69) is 57.1 Å². The molecule has 5 heteroatoms. The second-order valence-corrected chi connectivity index (χ2v) is 6.56. The molecule has 1 saturated heterocycles. The number of thioether (sulfide) groups is 1. The van der Waals surface area contributed by atoms with Crippen molar-refractivity contribution in [2.75, 3.05) is 38.3 Å². The van der Waals surface area contributed by atoms with Crippen molar-refractivity contribution >= 4 is 33.4 Å². The Morgan fingerprint density at radius 1 is 1.41 bits per heavy atom. The van der Waals surface area contributed by atoms with Crippen molar-refractivity contribution in [2.45, 2.75) is 11.3 Å². The summed E-state index contributed by atoms with van der Waals surface area (Å²) in [7, 11) is 4.33. The van der Waals surface area contributed by atoms with Crippen LogP contribution >= 0.6 is 27.7 Å². The van der Waals surface area contributed by atoms with Gasteiger partial charge in [0.05, 0.1) is 11.9 Å². The van der Waals surface area contributed by atoms with Crippen molar-refractivity contribution in [3.05, 3.63) is 22.9 Å². The predicted octanol–water partition coefficient (Wildman–Crippen LogP) is 2.33. The number of anilines is 1. The summed E-state index contributed by atoms with van der Waals surface area (Å²) in [5.74, 6) is 0. The number of nitrogens with zero attached hydrogens (tertiary/aromatic N) is 3. The van der Waals surface area contributed by atoms with Crippen LogP contribution < -0.4 is 4.90 Å².